The van der Waals surface area contributed by atoms with E-state index in [1.54, 1.807) is 7.11 Å². The van der Waals surface area contributed by atoms with E-state index in [4.69, 9.17) is 9.47 Å². The minimum atomic E-state index is -0.340. The third-order valence-electron chi connectivity index (χ3n) is 4.56. The molecule has 1 unspecified atom stereocenters. The Morgan fingerprint density at radius 3 is 2.66 bits per heavy atom. The predicted octanol–water partition coefficient (Wildman–Crippen LogP) is 2.90. The number of carbonyl (C=O) groups is 1. The number of methoxy groups -OCH3 is 1. The van der Waals surface area contributed by atoms with Gasteiger partial charge in [-0.25, -0.2) is 0 Å². The fraction of sp³-hybridized carbons (Fsp3) is 0.550. The second-order valence-corrected chi connectivity index (χ2v) is 8.64. The van der Waals surface area contributed by atoms with E-state index in [2.05, 4.69) is 38.8 Å². The summed E-state index contributed by atoms with van der Waals surface area (Å²) in [6.07, 6.45) is 0. The minimum absolute atomic E-state index is 0.105. The molecule has 1 N–H and O–H groups in total. The molecule has 0 aliphatic carbocycles. The van der Waals surface area contributed by atoms with Crippen LogP contribution in [0.3, 0.4) is 0 Å². The van der Waals surface area contributed by atoms with Gasteiger partial charge in [0, 0.05) is 19.6 Å². The first kappa shape index (κ1) is 21.4. The summed E-state index contributed by atoms with van der Waals surface area (Å²) >= 11 is 1.42. The highest BCUT2D eigenvalue weighted by molar-refractivity contribution is 8.00. The lowest BCUT2D eigenvalue weighted by atomic mass is 10.2. The van der Waals surface area contributed by atoms with Crippen molar-refractivity contribution in [2.75, 3.05) is 43.6 Å². The Morgan fingerprint density at radius 2 is 1.97 bits per heavy atom. The zero-order chi connectivity index (χ0) is 20.8. The highest BCUT2D eigenvalue weighted by atomic mass is 32.2. The van der Waals surface area contributed by atoms with E-state index in [0.29, 0.717) is 30.6 Å². The molecule has 1 saturated heterocycles. The maximum absolute atomic E-state index is 12.8. The molecule has 1 atom stereocenters. The van der Waals surface area contributed by atoms with Crippen LogP contribution in [-0.2, 0) is 16.1 Å². The molecule has 0 spiro atoms. The largest absolute Gasteiger partial charge is 0.495 e. The van der Waals surface area contributed by atoms with Gasteiger partial charge in [-0.1, -0.05) is 37.7 Å². The molecule has 2 heterocycles. The summed E-state index contributed by atoms with van der Waals surface area (Å²) in [6.45, 7) is 9.96. The van der Waals surface area contributed by atoms with Crippen LogP contribution in [0.5, 0.6) is 5.75 Å². The number of carbonyl (C=O) groups excluding carboxylic acids is 1. The average Bonchev–Trinajstić information content (AvgIpc) is 3.10. The minimum Gasteiger partial charge on any atom is -0.495 e. The topological polar surface area (TPSA) is 81.5 Å². The molecule has 1 aromatic heterocycles. The second kappa shape index (κ2) is 9.98. The fourth-order valence-corrected chi connectivity index (χ4v) is 3.94. The van der Waals surface area contributed by atoms with Crippen molar-refractivity contribution >= 4 is 29.3 Å². The number of rotatable bonds is 8. The van der Waals surface area contributed by atoms with Crippen LogP contribution in [0.4, 0.5) is 11.6 Å². The molecule has 1 aromatic carbocycles. The van der Waals surface area contributed by atoms with E-state index in [9.17, 15) is 4.79 Å². The molecule has 9 heteroatoms. The van der Waals surface area contributed by atoms with Crippen molar-refractivity contribution in [3.8, 4) is 5.75 Å². The molecule has 2 aromatic rings. The van der Waals surface area contributed by atoms with E-state index in [0.717, 1.165) is 30.7 Å². The van der Waals surface area contributed by atoms with Gasteiger partial charge in [-0.3, -0.25) is 9.36 Å². The lowest BCUT2D eigenvalue weighted by molar-refractivity contribution is -0.115. The molecule has 158 valence electrons. The quantitative estimate of drug-likeness (QED) is 0.659. The maximum atomic E-state index is 12.8. The molecular formula is C20H29N5O3S. The zero-order valence-electron chi connectivity index (χ0n) is 17.4. The Hall–Kier alpha value is -2.26. The van der Waals surface area contributed by atoms with E-state index >= 15 is 0 Å². The predicted molar refractivity (Wildman–Crippen MR) is 115 cm³/mol. The number of ether oxygens (including phenoxy) is 2. The number of thioether (sulfide) groups is 1. The summed E-state index contributed by atoms with van der Waals surface area (Å²) in [5.74, 6) is 1.81. The van der Waals surface area contributed by atoms with Gasteiger partial charge in [-0.2, -0.15) is 0 Å². The maximum Gasteiger partial charge on any atom is 0.237 e. The number of nitrogens with one attached hydrogen (secondary N) is 1. The summed E-state index contributed by atoms with van der Waals surface area (Å²) < 4.78 is 12.9. The third-order valence-corrected chi connectivity index (χ3v) is 5.64. The molecule has 0 bridgehead atoms. The van der Waals surface area contributed by atoms with E-state index < -0.39 is 0 Å². The molecule has 3 rings (SSSR count). The van der Waals surface area contributed by atoms with Crippen LogP contribution < -0.4 is 15.0 Å². The highest BCUT2D eigenvalue weighted by Gasteiger charge is 2.24. The first-order valence-corrected chi connectivity index (χ1v) is 10.7. The molecule has 1 fully saturated rings. The van der Waals surface area contributed by atoms with Gasteiger partial charge in [-0.05, 0) is 25.0 Å². The fourth-order valence-electron chi connectivity index (χ4n) is 3.08. The summed E-state index contributed by atoms with van der Waals surface area (Å²) in [6, 6.07) is 7.38. The van der Waals surface area contributed by atoms with Gasteiger partial charge >= 0.3 is 0 Å². The molecule has 0 radical (unpaired) electrons. The van der Waals surface area contributed by atoms with Gasteiger partial charge in [0.25, 0.3) is 0 Å². The molecule has 1 aliphatic heterocycles. The van der Waals surface area contributed by atoms with E-state index in [-0.39, 0.29) is 11.2 Å². The van der Waals surface area contributed by atoms with Gasteiger partial charge in [-0.15, -0.1) is 10.2 Å². The van der Waals surface area contributed by atoms with Crippen LogP contribution in [0.1, 0.15) is 20.8 Å². The second-order valence-electron chi connectivity index (χ2n) is 7.34. The zero-order valence-corrected chi connectivity index (χ0v) is 18.2. The van der Waals surface area contributed by atoms with Crippen molar-refractivity contribution < 1.29 is 14.3 Å². The number of benzene rings is 1. The first-order chi connectivity index (χ1) is 14.0. The average molecular weight is 420 g/mol. The normalized spacial score (nSPS) is 15.4. The van der Waals surface area contributed by atoms with Crippen molar-refractivity contribution in [1.82, 2.24) is 14.8 Å². The summed E-state index contributed by atoms with van der Waals surface area (Å²) in [4.78, 5) is 15.0. The van der Waals surface area contributed by atoms with Crippen LogP contribution in [0, 0.1) is 5.92 Å². The molecule has 0 saturated carbocycles. The number of morpholine rings is 1. The van der Waals surface area contributed by atoms with Crippen molar-refractivity contribution in [2.45, 2.75) is 37.7 Å². The molecule has 1 amide bonds. The molecular weight excluding hydrogens is 390 g/mol. The van der Waals surface area contributed by atoms with Crippen LogP contribution in [0.25, 0.3) is 0 Å². The molecule has 29 heavy (non-hydrogen) atoms. The lowest BCUT2D eigenvalue weighted by Crippen LogP contribution is -2.38. The summed E-state index contributed by atoms with van der Waals surface area (Å²) in [5.41, 5.74) is 0.658. The van der Waals surface area contributed by atoms with Crippen molar-refractivity contribution in [3.05, 3.63) is 24.3 Å². The Bertz CT molecular complexity index is 820. The smallest absolute Gasteiger partial charge is 0.237 e. The van der Waals surface area contributed by atoms with Gasteiger partial charge in [0.15, 0.2) is 5.16 Å². The number of anilines is 2. The van der Waals surface area contributed by atoms with Crippen LogP contribution in [-0.4, -0.2) is 59.3 Å². The van der Waals surface area contributed by atoms with Crippen molar-refractivity contribution in [3.63, 3.8) is 0 Å². The number of amides is 1. The number of hydrogen-bond donors (Lipinski definition) is 1. The molecule has 8 nitrogen and oxygen atoms in total. The Morgan fingerprint density at radius 1 is 1.24 bits per heavy atom. The standard InChI is InChI=1S/C20H29N5O3S/c1-14(2)13-25-19(24-9-11-28-12-10-24)22-23-20(25)29-15(3)18(26)21-16-7-5-6-8-17(16)27-4/h5-8,14-15H,9-13H2,1-4H3,(H,21,26). The Balaban J connectivity index is 1.74. The lowest BCUT2D eigenvalue weighted by Gasteiger charge is -2.28. The summed E-state index contributed by atoms with van der Waals surface area (Å²) in [5, 5.41) is 12.2. The number of hydrogen-bond acceptors (Lipinski definition) is 7. The van der Waals surface area contributed by atoms with Gasteiger partial charge in [0.05, 0.1) is 31.3 Å². The summed E-state index contributed by atoms with van der Waals surface area (Å²) in [7, 11) is 1.59. The third kappa shape index (κ3) is 5.42. The Kier molecular flexibility index (Phi) is 7.38. The van der Waals surface area contributed by atoms with Crippen molar-refractivity contribution in [1.29, 1.82) is 0 Å². The van der Waals surface area contributed by atoms with Crippen LogP contribution in [0.2, 0.25) is 0 Å². The molecule has 1 aliphatic rings. The van der Waals surface area contributed by atoms with Gasteiger partial charge < -0.3 is 19.7 Å². The van der Waals surface area contributed by atoms with Crippen LogP contribution >= 0.6 is 11.8 Å². The van der Waals surface area contributed by atoms with E-state index in [1.165, 1.54) is 11.8 Å². The number of para-hydroxylation sites is 2. The van der Waals surface area contributed by atoms with Crippen LogP contribution in [0.15, 0.2) is 29.4 Å². The monoisotopic (exact) mass is 419 g/mol. The Labute approximate surface area is 176 Å². The number of nitrogens with zero attached hydrogens (tertiary/aromatic N) is 4. The number of aromatic nitrogens is 3. The van der Waals surface area contributed by atoms with E-state index in [1.807, 2.05) is 31.2 Å². The van der Waals surface area contributed by atoms with Gasteiger partial charge in [0.2, 0.25) is 11.9 Å². The SMILES string of the molecule is COc1ccccc1NC(=O)C(C)Sc1nnc(N2CCOCC2)n1CC(C)C. The van der Waals surface area contributed by atoms with Gasteiger partial charge in [0.1, 0.15) is 5.75 Å². The highest BCUT2D eigenvalue weighted by Crippen LogP contribution is 2.29. The first-order valence-electron chi connectivity index (χ1n) is 9.86. The van der Waals surface area contributed by atoms with Crippen molar-refractivity contribution in [2.24, 2.45) is 5.92 Å².